The Kier molecular flexibility index (Phi) is 2.34. The number of benzene rings is 2. The summed E-state index contributed by atoms with van der Waals surface area (Å²) in [6.07, 6.45) is 0. The van der Waals surface area contributed by atoms with Crippen LogP contribution >= 0.6 is 11.3 Å². The predicted molar refractivity (Wildman–Crippen MR) is 74.2 cm³/mol. The van der Waals surface area contributed by atoms with Gasteiger partial charge in [-0.15, -0.1) is 11.3 Å². The van der Waals surface area contributed by atoms with Gasteiger partial charge in [-0.2, -0.15) is 0 Å². The van der Waals surface area contributed by atoms with Gasteiger partial charge in [0.25, 0.3) is 0 Å². The number of rotatable bonds is 1. The first kappa shape index (κ1) is 10.3. The molecule has 0 bridgehead atoms. The molecule has 2 N–H and O–H groups in total. The first-order valence-electron chi connectivity index (χ1n) is 5.46. The second-order valence-electron chi connectivity index (χ2n) is 4.08. The van der Waals surface area contributed by atoms with Crippen LogP contribution in [0.5, 0.6) is 0 Å². The highest BCUT2D eigenvalue weighted by atomic mass is 32.1. The minimum absolute atomic E-state index is 0.781. The SMILES string of the molecule is Cc1ccc2nc(-c3ccccc3N)sc2c1. The molecule has 0 fully saturated rings. The molecular formula is C14H12N2S. The topological polar surface area (TPSA) is 38.9 Å². The summed E-state index contributed by atoms with van der Waals surface area (Å²) < 4.78 is 1.21. The van der Waals surface area contributed by atoms with Crippen molar-refractivity contribution in [1.82, 2.24) is 4.98 Å². The fourth-order valence-electron chi connectivity index (χ4n) is 1.84. The van der Waals surface area contributed by atoms with E-state index in [0.29, 0.717) is 0 Å². The number of fused-ring (bicyclic) bond motifs is 1. The molecule has 1 aromatic heterocycles. The number of hydrogen-bond acceptors (Lipinski definition) is 3. The molecule has 2 nitrogen and oxygen atoms in total. The van der Waals surface area contributed by atoms with Gasteiger partial charge in [-0.25, -0.2) is 4.98 Å². The van der Waals surface area contributed by atoms with E-state index in [9.17, 15) is 0 Å². The van der Waals surface area contributed by atoms with Gasteiger partial charge in [0.2, 0.25) is 0 Å². The van der Waals surface area contributed by atoms with Gasteiger partial charge in [-0.05, 0) is 36.8 Å². The number of thiazole rings is 1. The fourth-order valence-corrected chi connectivity index (χ4v) is 2.95. The number of aromatic nitrogens is 1. The summed E-state index contributed by atoms with van der Waals surface area (Å²) in [5, 5.41) is 0.990. The third-order valence-electron chi connectivity index (χ3n) is 2.74. The van der Waals surface area contributed by atoms with Crippen molar-refractivity contribution in [1.29, 1.82) is 0 Å². The Morgan fingerprint density at radius 1 is 1.12 bits per heavy atom. The third kappa shape index (κ3) is 1.78. The van der Waals surface area contributed by atoms with Crippen LogP contribution in [0.15, 0.2) is 42.5 Å². The molecule has 0 atom stereocenters. The fraction of sp³-hybridized carbons (Fsp3) is 0.0714. The summed E-state index contributed by atoms with van der Waals surface area (Å²) in [4.78, 5) is 4.62. The molecule has 0 aliphatic rings. The monoisotopic (exact) mass is 240 g/mol. The van der Waals surface area contributed by atoms with Crippen LogP contribution < -0.4 is 5.73 Å². The summed E-state index contributed by atoms with van der Waals surface area (Å²) >= 11 is 1.69. The molecule has 0 unspecified atom stereocenters. The van der Waals surface area contributed by atoms with Crippen molar-refractivity contribution < 1.29 is 0 Å². The number of nitrogens with zero attached hydrogens (tertiary/aromatic N) is 1. The highest BCUT2D eigenvalue weighted by Crippen LogP contribution is 2.33. The van der Waals surface area contributed by atoms with Crippen LogP contribution in [-0.2, 0) is 0 Å². The molecule has 3 heteroatoms. The molecule has 17 heavy (non-hydrogen) atoms. The zero-order valence-electron chi connectivity index (χ0n) is 9.47. The first-order chi connectivity index (χ1) is 8.24. The van der Waals surface area contributed by atoms with E-state index in [-0.39, 0.29) is 0 Å². The second-order valence-corrected chi connectivity index (χ2v) is 5.11. The normalized spacial score (nSPS) is 10.9. The zero-order valence-corrected chi connectivity index (χ0v) is 10.3. The van der Waals surface area contributed by atoms with E-state index in [1.807, 2.05) is 24.3 Å². The third-order valence-corrected chi connectivity index (χ3v) is 3.79. The molecule has 0 amide bonds. The minimum atomic E-state index is 0.781. The van der Waals surface area contributed by atoms with Crippen LogP contribution in [0.3, 0.4) is 0 Å². The standard InChI is InChI=1S/C14H12N2S/c1-9-6-7-12-13(8-9)17-14(16-12)10-4-2-3-5-11(10)15/h2-8H,15H2,1H3. The van der Waals surface area contributed by atoms with Crippen molar-refractivity contribution in [2.24, 2.45) is 0 Å². The van der Waals surface area contributed by atoms with Crippen molar-refractivity contribution in [3.63, 3.8) is 0 Å². The summed E-state index contributed by atoms with van der Waals surface area (Å²) in [5.41, 5.74) is 10.1. The largest absolute Gasteiger partial charge is 0.398 e. The lowest BCUT2D eigenvalue weighted by Gasteiger charge is -1.99. The highest BCUT2D eigenvalue weighted by molar-refractivity contribution is 7.21. The number of nitrogen functional groups attached to an aromatic ring is 1. The average molecular weight is 240 g/mol. The van der Waals surface area contributed by atoms with E-state index in [4.69, 9.17) is 5.73 Å². The molecule has 0 saturated heterocycles. The Bertz CT molecular complexity index is 686. The number of aryl methyl sites for hydroxylation is 1. The van der Waals surface area contributed by atoms with Crippen LogP contribution in [0.4, 0.5) is 5.69 Å². The summed E-state index contributed by atoms with van der Waals surface area (Å²) in [7, 11) is 0. The molecule has 3 rings (SSSR count). The number of anilines is 1. The highest BCUT2D eigenvalue weighted by Gasteiger charge is 2.08. The summed E-state index contributed by atoms with van der Waals surface area (Å²) in [5.74, 6) is 0. The maximum Gasteiger partial charge on any atom is 0.126 e. The Labute approximate surface area is 104 Å². The van der Waals surface area contributed by atoms with Gasteiger partial charge >= 0.3 is 0 Å². The summed E-state index contributed by atoms with van der Waals surface area (Å²) in [6.45, 7) is 2.09. The maximum absolute atomic E-state index is 5.97. The van der Waals surface area contributed by atoms with Crippen LogP contribution in [0, 0.1) is 6.92 Å². The molecule has 84 valence electrons. The lowest BCUT2D eigenvalue weighted by molar-refractivity contribution is 1.45. The van der Waals surface area contributed by atoms with Crippen molar-refractivity contribution >= 4 is 27.2 Å². The Hall–Kier alpha value is -1.87. The van der Waals surface area contributed by atoms with Gasteiger partial charge in [-0.3, -0.25) is 0 Å². The van der Waals surface area contributed by atoms with Gasteiger partial charge in [0.15, 0.2) is 0 Å². The predicted octanol–water partition coefficient (Wildman–Crippen LogP) is 3.85. The number of hydrogen-bond donors (Lipinski definition) is 1. The van der Waals surface area contributed by atoms with Gasteiger partial charge in [0, 0.05) is 11.3 Å². The van der Waals surface area contributed by atoms with Crippen molar-refractivity contribution in [3.05, 3.63) is 48.0 Å². The Morgan fingerprint density at radius 3 is 2.76 bits per heavy atom. The molecular weight excluding hydrogens is 228 g/mol. The minimum Gasteiger partial charge on any atom is -0.398 e. The van der Waals surface area contributed by atoms with Gasteiger partial charge in [-0.1, -0.05) is 18.2 Å². The molecule has 3 aromatic rings. The van der Waals surface area contributed by atoms with Crippen LogP contribution in [0.2, 0.25) is 0 Å². The van der Waals surface area contributed by atoms with E-state index in [1.54, 1.807) is 11.3 Å². The van der Waals surface area contributed by atoms with Crippen LogP contribution in [0.1, 0.15) is 5.56 Å². The maximum atomic E-state index is 5.97. The van der Waals surface area contributed by atoms with Crippen LogP contribution in [0.25, 0.3) is 20.8 Å². The first-order valence-corrected chi connectivity index (χ1v) is 6.28. The molecule has 0 aliphatic carbocycles. The van der Waals surface area contributed by atoms with E-state index in [2.05, 4.69) is 30.1 Å². The van der Waals surface area contributed by atoms with Gasteiger partial charge in [0.05, 0.1) is 10.2 Å². The van der Waals surface area contributed by atoms with E-state index >= 15 is 0 Å². The Balaban J connectivity index is 2.22. The smallest absolute Gasteiger partial charge is 0.126 e. The van der Waals surface area contributed by atoms with Crippen molar-refractivity contribution in [3.8, 4) is 10.6 Å². The quantitative estimate of drug-likeness (QED) is 0.656. The Morgan fingerprint density at radius 2 is 1.94 bits per heavy atom. The molecule has 0 spiro atoms. The van der Waals surface area contributed by atoms with Crippen LogP contribution in [-0.4, -0.2) is 4.98 Å². The molecule has 1 heterocycles. The van der Waals surface area contributed by atoms with E-state index in [0.717, 1.165) is 21.8 Å². The van der Waals surface area contributed by atoms with Crippen molar-refractivity contribution in [2.45, 2.75) is 6.92 Å². The number of nitrogens with two attached hydrogens (primary N) is 1. The molecule has 2 aromatic carbocycles. The van der Waals surface area contributed by atoms with E-state index < -0.39 is 0 Å². The van der Waals surface area contributed by atoms with Gasteiger partial charge in [0.1, 0.15) is 5.01 Å². The molecule has 0 aliphatic heterocycles. The number of para-hydroxylation sites is 1. The van der Waals surface area contributed by atoms with E-state index in [1.165, 1.54) is 10.3 Å². The zero-order chi connectivity index (χ0) is 11.8. The van der Waals surface area contributed by atoms with Gasteiger partial charge < -0.3 is 5.73 Å². The average Bonchev–Trinajstić information content (AvgIpc) is 2.72. The second kappa shape index (κ2) is 3.86. The lowest BCUT2D eigenvalue weighted by Crippen LogP contribution is -1.87. The molecule has 0 radical (unpaired) electrons. The van der Waals surface area contributed by atoms with Crippen molar-refractivity contribution in [2.75, 3.05) is 5.73 Å². The summed E-state index contributed by atoms with van der Waals surface area (Å²) in [6, 6.07) is 14.2. The lowest BCUT2D eigenvalue weighted by atomic mass is 10.2. The molecule has 0 saturated carbocycles.